The molecule has 3 heterocycles. The van der Waals surface area contributed by atoms with Gasteiger partial charge in [-0.3, -0.25) is 14.4 Å². The van der Waals surface area contributed by atoms with Crippen LogP contribution in [0.4, 0.5) is 5.69 Å². The smallest absolute Gasteiger partial charge is 0.293 e. The molecule has 512 valence electrons. The largest absolute Gasteiger partial charge is 0.466 e. The van der Waals surface area contributed by atoms with E-state index in [9.17, 15) is 39.6 Å². The second-order valence-electron chi connectivity index (χ2n) is 23.9. The quantitative estimate of drug-likeness (QED) is 0.0360. The number of likely N-dealkylation sites (N-methyl/N-ethyl adjacent to an activating group) is 1. The molecule has 94 heavy (non-hydrogen) atoms. The Kier molecular flexibility index (Phi) is 31.1. The number of halogens is 6. The van der Waals surface area contributed by atoms with Crippen LogP contribution in [-0.4, -0.2) is 179 Å². The molecular formula is C68H85Cl6N7O10S3. The number of likely N-dealkylation sites (tertiary alicyclic amines) is 3. The number of hydrogen-bond acceptors (Lipinski definition) is 14. The van der Waals surface area contributed by atoms with Crippen molar-refractivity contribution in [3.8, 4) is 0 Å². The molecule has 0 aromatic heterocycles. The molecule has 0 unspecified atom stereocenters. The van der Waals surface area contributed by atoms with E-state index < -0.39 is 30.1 Å². The molecule has 0 spiro atoms. The summed E-state index contributed by atoms with van der Waals surface area (Å²) >= 11 is 35.6. The highest BCUT2D eigenvalue weighted by Gasteiger charge is 2.29. The average Bonchev–Trinajstić information content (AvgIpc) is 0.833. The molecule has 3 aliphatic rings. The first-order valence-corrected chi connectivity index (χ1v) is 37.5. The Bertz CT molecular complexity index is 3630. The first-order chi connectivity index (χ1) is 44.5. The van der Waals surface area contributed by atoms with Gasteiger partial charge in [-0.05, 0) is 193 Å². The number of benzene rings is 6. The van der Waals surface area contributed by atoms with Crippen LogP contribution in [0.2, 0.25) is 30.1 Å². The zero-order valence-corrected chi connectivity index (χ0v) is 60.9. The molecule has 9 rings (SSSR count). The van der Waals surface area contributed by atoms with Crippen LogP contribution in [0.25, 0.3) is 0 Å². The number of carbonyl (C=O) groups excluding carboxylic acids is 3. The minimum absolute atomic E-state index is 0.00737. The molecule has 2 N–H and O–H groups in total. The number of nitrogen functional groups attached to an aromatic ring is 1. The van der Waals surface area contributed by atoms with Gasteiger partial charge in [-0.25, -0.2) is 33.9 Å². The molecule has 0 radical (unpaired) electrons. The van der Waals surface area contributed by atoms with Crippen LogP contribution in [-0.2, 0) is 62.0 Å². The van der Waals surface area contributed by atoms with Gasteiger partial charge in [0.1, 0.15) is 32.9 Å². The number of ether oxygens (including phenoxy) is 1. The van der Waals surface area contributed by atoms with Crippen molar-refractivity contribution in [1.29, 1.82) is 0 Å². The van der Waals surface area contributed by atoms with Gasteiger partial charge >= 0.3 is 0 Å². The number of sulfonamides is 3. The van der Waals surface area contributed by atoms with E-state index in [0.717, 1.165) is 87.5 Å². The van der Waals surface area contributed by atoms with Crippen molar-refractivity contribution in [2.24, 2.45) is 0 Å². The van der Waals surface area contributed by atoms with E-state index in [1.54, 1.807) is 0 Å². The van der Waals surface area contributed by atoms with Crippen LogP contribution in [0.1, 0.15) is 96.9 Å². The van der Waals surface area contributed by atoms with Gasteiger partial charge in [0.25, 0.3) is 6.47 Å². The third-order valence-electron chi connectivity index (χ3n) is 17.1. The molecule has 0 aliphatic carbocycles. The van der Waals surface area contributed by atoms with Gasteiger partial charge < -0.3 is 25.2 Å². The third-order valence-corrected chi connectivity index (χ3v) is 25.6. The summed E-state index contributed by atoms with van der Waals surface area (Å²) in [4.78, 5) is 41.8. The SMILES string of the molecule is CN(CCOC=O)S(=O)(=O)c1cccc(Cl)c1Cl.CN1CCC(c2ccc(CC(=O)CCN(C)S(=O)(=O)c3cccc(Cl)c3Cl)cc2)CC1.CN1CCC(c2ccc(CC(=O)CCN(C)S(=O)(=O)c3cccc(Cl)c3Cl)cc2)CC1.CN1CCC(c2ccc(N)cc2)CC1. The number of piperidine rings is 3. The minimum atomic E-state index is -3.82. The second-order valence-corrected chi connectivity index (χ2v) is 32.3. The van der Waals surface area contributed by atoms with E-state index in [1.165, 1.54) is 118 Å². The number of hydrogen-bond donors (Lipinski definition) is 1. The Morgan fingerprint density at radius 2 is 0.734 bits per heavy atom. The van der Waals surface area contributed by atoms with Crippen molar-refractivity contribution in [2.45, 2.75) is 96.6 Å². The van der Waals surface area contributed by atoms with Crippen molar-refractivity contribution in [2.75, 3.05) is 114 Å². The first-order valence-electron chi connectivity index (χ1n) is 30.9. The first kappa shape index (κ1) is 78.3. The monoisotopic (exact) mass is 1470 g/mol. The van der Waals surface area contributed by atoms with E-state index in [2.05, 4.69) is 77.0 Å². The predicted octanol–water partition coefficient (Wildman–Crippen LogP) is 13.1. The van der Waals surface area contributed by atoms with Gasteiger partial charge in [0.2, 0.25) is 30.1 Å². The van der Waals surface area contributed by atoms with Crippen LogP contribution in [0.15, 0.2) is 142 Å². The number of Topliss-reactive ketones (excluding diaryl/α,β-unsaturated/α-hetero) is 2. The normalized spacial score (nSPS) is 15.7. The molecule has 0 saturated carbocycles. The van der Waals surface area contributed by atoms with E-state index in [1.807, 2.05) is 36.4 Å². The van der Waals surface area contributed by atoms with Crippen LogP contribution in [0.3, 0.4) is 0 Å². The van der Waals surface area contributed by atoms with Gasteiger partial charge in [-0.2, -0.15) is 4.31 Å². The van der Waals surface area contributed by atoms with Crippen LogP contribution < -0.4 is 5.73 Å². The summed E-state index contributed by atoms with van der Waals surface area (Å²) in [7, 11) is -0.658. The number of ketones is 2. The molecule has 0 amide bonds. The fraction of sp³-hybridized carbons (Fsp3) is 0.426. The summed E-state index contributed by atoms with van der Waals surface area (Å²) in [5, 5.41) is 0.475. The Labute approximate surface area is 586 Å². The van der Waals surface area contributed by atoms with E-state index in [-0.39, 0.29) is 102 Å². The van der Waals surface area contributed by atoms with Crippen molar-refractivity contribution < 1.29 is 44.4 Å². The summed E-state index contributed by atoms with van der Waals surface area (Å²) in [6.07, 6.45) is 8.03. The fourth-order valence-corrected chi connectivity index (χ4v) is 16.6. The number of anilines is 1. The Balaban J connectivity index is 0.000000208. The molecule has 6 aromatic carbocycles. The molecule has 6 aromatic rings. The maximum atomic E-state index is 12.8. The topological polar surface area (TPSA) is 208 Å². The zero-order chi connectivity index (χ0) is 68.9. The lowest BCUT2D eigenvalue weighted by Crippen LogP contribution is -2.30. The Hall–Kier alpha value is -4.72. The minimum Gasteiger partial charge on any atom is -0.466 e. The molecule has 3 fully saturated rings. The predicted molar refractivity (Wildman–Crippen MR) is 380 cm³/mol. The highest BCUT2D eigenvalue weighted by molar-refractivity contribution is 7.89. The zero-order valence-electron chi connectivity index (χ0n) is 53.9. The van der Waals surface area contributed by atoms with Gasteiger partial charge in [0.15, 0.2) is 0 Å². The van der Waals surface area contributed by atoms with Crippen molar-refractivity contribution in [3.63, 3.8) is 0 Å². The average molecular weight is 1470 g/mol. The summed E-state index contributed by atoms with van der Waals surface area (Å²) < 4.78 is 83.1. The van der Waals surface area contributed by atoms with Gasteiger partial charge in [-0.15, -0.1) is 0 Å². The van der Waals surface area contributed by atoms with Gasteiger partial charge in [0, 0.05) is 72.1 Å². The summed E-state index contributed by atoms with van der Waals surface area (Å²) in [6.45, 7) is 7.31. The maximum Gasteiger partial charge on any atom is 0.293 e. The van der Waals surface area contributed by atoms with Crippen molar-refractivity contribution >= 4 is 123 Å². The third kappa shape index (κ3) is 22.9. The second kappa shape index (κ2) is 37.3. The van der Waals surface area contributed by atoms with Crippen LogP contribution in [0, 0.1) is 0 Å². The lowest BCUT2D eigenvalue weighted by Gasteiger charge is -2.29. The molecule has 0 bridgehead atoms. The van der Waals surface area contributed by atoms with Crippen LogP contribution in [0.5, 0.6) is 0 Å². The lowest BCUT2D eigenvalue weighted by atomic mass is 9.89. The number of rotatable bonds is 23. The number of nitrogens with two attached hydrogens (primary N) is 1. The molecule has 17 nitrogen and oxygen atoms in total. The highest BCUT2D eigenvalue weighted by Crippen LogP contribution is 2.35. The summed E-state index contributed by atoms with van der Waals surface area (Å²) in [5.74, 6) is 1.89. The van der Waals surface area contributed by atoms with E-state index in [4.69, 9.17) is 75.3 Å². The van der Waals surface area contributed by atoms with Crippen molar-refractivity contribution in [3.05, 3.63) is 185 Å². The van der Waals surface area contributed by atoms with Gasteiger partial charge in [-0.1, -0.05) is 148 Å². The van der Waals surface area contributed by atoms with Crippen LogP contribution >= 0.6 is 69.6 Å². The lowest BCUT2D eigenvalue weighted by molar-refractivity contribution is -0.128. The molecule has 26 heteroatoms. The molecule has 3 aliphatic heterocycles. The van der Waals surface area contributed by atoms with E-state index >= 15 is 0 Å². The molecule has 3 saturated heterocycles. The number of carbonyl (C=O) groups is 3. The molecular weight excluding hydrogens is 1380 g/mol. The Morgan fingerprint density at radius 3 is 1.02 bits per heavy atom. The fourth-order valence-electron chi connectivity index (χ4n) is 10.9. The standard InChI is InChI=1S/2C23H28Cl2N2O3S.C12H18N2.C10H11Cl2NO4S/c2*1-26-13-10-19(11-14-26)18-8-6-17(7-9-18)16-20(28)12-15-27(2)31(29,30)22-5-3-4-21(24)23(22)25;1-14-8-6-11(7-9-14)10-2-4-12(13)5-3-10;1-13(5-6-17-7-14)18(15,16)9-4-2-3-8(11)10(9)12/h2*3-9,19H,10-16H2,1-2H3;2-5,11H,6-9,13H2,1H3;2-4,7H,5-6H2,1H3. The van der Waals surface area contributed by atoms with Crippen molar-refractivity contribution in [1.82, 2.24) is 27.6 Å². The number of nitrogens with zero attached hydrogens (tertiary/aromatic N) is 6. The summed E-state index contributed by atoms with van der Waals surface area (Å²) in [6, 6.07) is 38.2. The highest BCUT2D eigenvalue weighted by atomic mass is 35.5. The van der Waals surface area contributed by atoms with E-state index in [0.29, 0.717) is 24.7 Å². The van der Waals surface area contributed by atoms with Gasteiger partial charge in [0.05, 0.1) is 30.1 Å². The maximum absolute atomic E-state index is 12.8. The summed E-state index contributed by atoms with van der Waals surface area (Å²) in [5.41, 5.74) is 12.5. The molecule has 0 atom stereocenters. The Morgan fingerprint density at radius 1 is 0.457 bits per heavy atom.